The van der Waals surface area contributed by atoms with Crippen molar-refractivity contribution in [3.8, 4) is 5.75 Å². The molecular weight excluding hydrogens is 239 g/mol. The van der Waals surface area contributed by atoms with Gasteiger partial charge in [0.2, 0.25) is 0 Å². The highest BCUT2D eigenvalue weighted by Gasteiger charge is 2.31. The average molecular weight is 251 g/mol. The van der Waals surface area contributed by atoms with Gasteiger partial charge in [0, 0.05) is 18.3 Å². The van der Waals surface area contributed by atoms with E-state index in [4.69, 9.17) is 10.2 Å². The summed E-state index contributed by atoms with van der Waals surface area (Å²) in [5.41, 5.74) is 0.360. The third kappa shape index (κ3) is 5.41. The molecule has 96 valence electrons. The first-order valence-corrected chi connectivity index (χ1v) is 4.79. The molecule has 0 unspecified atom stereocenters. The lowest BCUT2D eigenvalue weighted by Gasteiger charge is -2.12. The number of ether oxygens (including phenoxy) is 1. The van der Waals surface area contributed by atoms with Crippen LogP contribution in [0.3, 0.4) is 0 Å². The fraction of sp³-hybridized carbons (Fsp3) is 0.400. The largest absolute Gasteiger partial charge is 0.573 e. The van der Waals surface area contributed by atoms with E-state index in [-0.39, 0.29) is 12.3 Å². The van der Waals surface area contributed by atoms with Crippen LogP contribution in [0, 0.1) is 0 Å². The van der Waals surface area contributed by atoms with E-state index < -0.39 is 19.1 Å². The fourth-order valence-electron chi connectivity index (χ4n) is 1.10. The summed E-state index contributed by atoms with van der Waals surface area (Å²) in [6.45, 7) is -0.391. The first-order valence-electron chi connectivity index (χ1n) is 4.79. The highest BCUT2D eigenvalue weighted by atomic mass is 19.4. The molecule has 4 nitrogen and oxygen atoms in total. The Kier molecular flexibility index (Phi) is 4.59. The number of hydrogen-bond donors (Lipinski definition) is 3. The van der Waals surface area contributed by atoms with Gasteiger partial charge in [-0.15, -0.1) is 13.2 Å². The lowest BCUT2D eigenvalue weighted by Crippen LogP contribution is -2.23. The minimum atomic E-state index is -4.73. The Morgan fingerprint density at radius 3 is 2.65 bits per heavy atom. The molecule has 0 heterocycles. The van der Waals surface area contributed by atoms with Crippen LogP contribution in [0.5, 0.6) is 5.75 Å². The molecule has 1 aromatic rings. The van der Waals surface area contributed by atoms with Gasteiger partial charge in [-0.3, -0.25) is 0 Å². The van der Waals surface area contributed by atoms with Crippen molar-refractivity contribution in [2.24, 2.45) is 0 Å². The SMILES string of the molecule is OC[C@@H](O)CNc1cccc(OC(F)(F)F)c1. The van der Waals surface area contributed by atoms with Crippen molar-refractivity contribution >= 4 is 5.69 Å². The number of rotatable bonds is 5. The van der Waals surface area contributed by atoms with Crippen molar-refractivity contribution in [1.29, 1.82) is 0 Å². The van der Waals surface area contributed by atoms with Crippen molar-refractivity contribution < 1.29 is 28.1 Å². The maximum atomic E-state index is 11.9. The summed E-state index contributed by atoms with van der Waals surface area (Å²) in [6.07, 6.45) is -5.70. The van der Waals surface area contributed by atoms with Crippen LogP contribution in [-0.4, -0.2) is 35.8 Å². The van der Waals surface area contributed by atoms with Crippen LogP contribution in [0.15, 0.2) is 24.3 Å². The van der Waals surface area contributed by atoms with Gasteiger partial charge < -0.3 is 20.3 Å². The molecule has 0 radical (unpaired) electrons. The van der Waals surface area contributed by atoms with Crippen LogP contribution >= 0.6 is 0 Å². The number of aliphatic hydroxyl groups is 2. The summed E-state index contributed by atoms with van der Waals surface area (Å²) in [5.74, 6) is -0.346. The normalized spacial score (nSPS) is 13.2. The van der Waals surface area contributed by atoms with E-state index in [9.17, 15) is 13.2 Å². The summed E-state index contributed by atoms with van der Waals surface area (Å²) in [5, 5.41) is 20.3. The molecule has 0 bridgehead atoms. The molecule has 0 fully saturated rings. The third-order valence-electron chi connectivity index (χ3n) is 1.82. The number of aliphatic hydroxyl groups excluding tert-OH is 2. The molecule has 0 saturated heterocycles. The van der Waals surface area contributed by atoms with Gasteiger partial charge >= 0.3 is 6.36 Å². The second-order valence-corrected chi connectivity index (χ2v) is 3.29. The number of hydrogen-bond acceptors (Lipinski definition) is 4. The van der Waals surface area contributed by atoms with E-state index in [1.54, 1.807) is 0 Å². The van der Waals surface area contributed by atoms with E-state index in [1.807, 2.05) is 0 Å². The smallest absolute Gasteiger partial charge is 0.406 e. The lowest BCUT2D eigenvalue weighted by atomic mass is 10.3. The van der Waals surface area contributed by atoms with Gasteiger partial charge in [0.15, 0.2) is 0 Å². The first kappa shape index (κ1) is 13.6. The molecule has 0 spiro atoms. The second kappa shape index (κ2) is 5.74. The maximum absolute atomic E-state index is 11.9. The van der Waals surface area contributed by atoms with E-state index in [0.717, 1.165) is 6.07 Å². The number of halogens is 3. The van der Waals surface area contributed by atoms with Crippen molar-refractivity contribution in [2.75, 3.05) is 18.5 Å². The van der Waals surface area contributed by atoms with E-state index in [2.05, 4.69) is 10.1 Å². The molecule has 0 saturated carbocycles. The molecule has 17 heavy (non-hydrogen) atoms. The van der Waals surface area contributed by atoms with Crippen LogP contribution in [0.1, 0.15) is 0 Å². The van der Waals surface area contributed by atoms with Gasteiger partial charge in [-0.05, 0) is 12.1 Å². The quantitative estimate of drug-likeness (QED) is 0.739. The Balaban J connectivity index is 2.60. The molecule has 0 aliphatic rings. The highest BCUT2D eigenvalue weighted by molar-refractivity contribution is 5.48. The Hall–Kier alpha value is -1.47. The molecule has 0 amide bonds. The molecular formula is C10H12F3NO3. The summed E-state index contributed by atoms with van der Waals surface area (Å²) < 4.78 is 39.5. The minimum absolute atomic E-state index is 0.0337. The van der Waals surface area contributed by atoms with Crippen LogP contribution in [0.4, 0.5) is 18.9 Å². The van der Waals surface area contributed by atoms with Gasteiger partial charge in [0.1, 0.15) is 5.75 Å². The monoisotopic (exact) mass is 251 g/mol. The highest BCUT2D eigenvalue weighted by Crippen LogP contribution is 2.24. The Morgan fingerprint density at radius 2 is 2.06 bits per heavy atom. The predicted molar refractivity (Wildman–Crippen MR) is 54.7 cm³/mol. The standard InChI is InChI=1S/C10H12F3NO3/c11-10(12,13)17-9-3-1-2-7(4-9)14-5-8(16)6-15/h1-4,8,14-16H,5-6H2/t8-/m0/s1. The zero-order valence-electron chi connectivity index (χ0n) is 8.74. The minimum Gasteiger partial charge on any atom is -0.406 e. The van der Waals surface area contributed by atoms with Crippen LogP contribution in [0.25, 0.3) is 0 Å². The van der Waals surface area contributed by atoms with Gasteiger partial charge in [0.25, 0.3) is 0 Å². The topological polar surface area (TPSA) is 61.7 Å². The summed E-state index contributed by atoms with van der Waals surface area (Å²) in [6, 6.07) is 5.22. The zero-order valence-corrected chi connectivity index (χ0v) is 8.74. The maximum Gasteiger partial charge on any atom is 0.573 e. The number of nitrogens with one attached hydrogen (secondary N) is 1. The van der Waals surface area contributed by atoms with Gasteiger partial charge in [-0.1, -0.05) is 6.07 Å². The predicted octanol–water partition coefficient (Wildman–Crippen LogP) is 1.35. The van der Waals surface area contributed by atoms with Crippen molar-refractivity contribution in [3.05, 3.63) is 24.3 Å². The lowest BCUT2D eigenvalue weighted by molar-refractivity contribution is -0.274. The third-order valence-corrected chi connectivity index (χ3v) is 1.82. The summed E-state index contributed by atoms with van der Waals surface area (Å²) >= 11 is 0. The van der Waals surface area contributed by atoms with Crippen LogP contribution in [0.2, 0.25) is 0 Å². The van der Waals surface area contributed by atoms with E-state index >= 15 is 0 Å². The van der Waals surface area contributed by atoms with Crippen molar-refractivity contribution in [2.45, 2.75) is 12.5 Å². The molecule has 3 N–H and O–H groups in total. The fourth-order valence-corrected chi connectivity index (χ4v) is 1.10. The Bertz CT molecular complexity index is 357. The Labute approximate surface area is 95.6 Å². The number of anilines is 1. The van der Waals surface area contributed by atoms with E-state index in [0.29, 0.717) is 5.69 Å². The molecule has 1 aromatic carbocycles. The molecule has 1 rings (SSSR count). The second-order valence-electron chi connectivity index (χ2n) is 3.29. The summed E-state index contributed by atoms with van der Waals surface area (Å²) in [4.78, 5) is 0. The molecule has 0 aliphatic carbocycles. The van der Waals surface area contributed by atoms with Gasteiger partial charge in [0.05, 0.1) is 12.7 Å². The van der Waals surface area contributed by atoms with Crippen LogP contribution in [-0.2, 0) is 0 Å². The first-order chi connectivity index (χ1) is 7.90. The summed E-state index contributed by atoms with van der Waals surface area (Å²) in [7, 11) is 0. The molecule has 0 aliphatic heterocycles. The Morgan fingerprint density at radius 1 is 1.35 bits per heavy atom. The molecule has 0 aromatic heterocycles. The van der Waals surface area contributed by atoms with E-state index in [1.165, 1.54) is 18.2 Å². The zero-order chi connectivity index (χ0) is 12.9. The molecule has 7 heteroatoms. The van der Waals surface area contributed by atoms with Crippen LogP contribution < -0.4 is 10.1 Å². The van der Waals surface area contributed by atoms with Crippen molar-refractivity contribution in [3.63, 3.8) is 0 Å². The number of alkyl halides is 3. The van der Waals surface area contributed by atoms with Gasteiger partial charge in [-0.25, -0.2) is 0 Å². The van der Waals surface area contributed by atoms with Crippen molar-refractivity contribution in [1.82, 2.24) is 0 Å². The number of benzene rings is 1. The average Bonchev–Trinajstić information content (AvgIpc) is 2.24. The van der Waals surface area contributed by atoms with Gasteiger partial charge in [-0.2, -0.15) is 0 Å². The molecule has 1 atom stereocenters.